The summed E-state index contributed by atoms with van der Waals surface area (Å²) in [7, 11) is 0. The summed E-state index contributed by atoms with van der Waals surface area (Å²) in [6.45, 7) is 0.741. The molecule has 1 aliphatic rings. The first kappa shape index (κ1) is 20.0. The lowest BCUT2D eigenvalue weighted by atomic mass is 10.0. The number of nitrogens with zero attached hydrogens (tertiary/aromatic N) is 2. The van der Waals surface area contributed by atoms with E-state index in [-0.39, 0.29) is 11.8 Å². The van der Waals surface area contributed by atoms with E-state index >= 15 is 0 Å². The van der Waals surface area contributed by atoms with Gasteiger partial charge in [-0.2, -0.15) is 0 Å². The highest BCUT2D eigenvalue weighted by Gasteiger charge is 2.21. The van der Waals surface area contributed by atoms with E-state index in [1.54, 1.807) is 17.0 Å². The predicted octanol–water partition coefficient (Wildman–Crippen LogP) is 4.73. The van der Waals surface area contributed by atoms with Crippen LogP contribution in [0.15, 0.2) is 73.2 Å². The molecule has 2 aromatic heterocycles. The number of carbonyl (C=O) groups is 2. The first-order valence-electron chi connectivity index (χ1n) is 10.9. The first-order valence-corrected chi connectivity index (χ1v) is 10.9. The third kappa shape index (κ3) is 4.12. The first-order chi connectivity index (χ1) is 15.7. The van der Waals surface area contributed by atoms with Crippen molar-refractivity contribution in [2.24, 2.45) is 0 Å². The number of hydrogen-bond acceptors (Lipinski definition) is 3. The normalized spacial score (nSPS) is 13.6. The van der Waals surface area contributed by atoms with E-state index in [0.717, 1.165) is 48.1 Å². The molecule has 0 atom stereocenters. The van der Waals surface area contributed by atoms with Gasteiger partial charge in [-0.3, -0.25) is 14.6 Å². The van der Waals surface area contributed by atoms with Crippen molar-refractivity contribution in [3.63, 3.8) is 0 Å². The summed E-state index contributed by atoms with van der Waals surface area (Å²) in [5.41, 5.74) is 5.67. The second-order valence-electron chi connectivity index (χ2n) is 8.08. The molecular weight excluding hydrogens is 400 g/mol. The van der Waals surface area contributed by atoms with Gasteiger partial charge in [0.25, 0.3) is 5.91 Å². The summed E-state index contributed by atoms with van der Waals surface area (Å²) in [5, 5.41) is 4.11. The number of aromatic amines is 1. The zero-order valence-electron chi connectivity index (χ0n) is 17.7. The van der Waals surface area contributed by atoms with E-state index in [1.165, 1.54) is 11.1 Å². The van der Waals surface area contributed by atoms with Crippen LogP contribution in [0.2, 0.25) is 0 Å². The van der Waals surface area contributed by atoms with E-state index in [9.17, 15) is 9.59 Å². The Morgan fingerprint density at radius 2 is 1.84 bits per heavy atom. The summed E-state index contributed by atoms with van der Waals surface area (Å²) in [5.74, 6) is -0.0285. The molecule has 160 valence electrons. The molecule has 32 heavy (non-hydrogen) atoms. The summed E-state index contributed by atoms with van der Waals surface area (Å²) in [4.78, 5) is 33.8. The largest absolute Gasteiger partial charge is 0.361 e. The van der Waals surface area contributed by atoms with Gasteiger partial charge in [-0.25, -0.2) is 0 Å². The Hall–Kier alpha value is -3.93. The molecule has 1 aliphatic heterocycles. The Labute approximate surface area is 186 Å². The van der Waals surface area contributed by atoms with Crippen molar-refractivity contribution < 1.29 is 9.59 Å². The number of benzene rings is 2. The molecule has 0 unspecified atom stereocenters. The number of amides is 2. The van der Waals surface area contributed by atoms with E-state index < -0.39 is 0 Å². The van der Waals surface area contributed by atoms with Crippen LogP contribution in [0.4, 0.5) is 11.4 Å². The topological polar surface area (TPSA) is 78.1 Å². The number of aryl methyl sites for hydroxylation is 2. The van der Waals surface area contributed by atoms with Crippen molar-refractivity contribution in [2.75, 3.05) is 16.8 Å². The van der Waals surface area contributed by atoms with Crippen molar-refractivity contribution in [1.29, 1.82) is 0 Å². The number of hydrogen-bond donors (Lipinski definition) is 2. The molecule has 1 saturated heterocycles. The average molecular weight is 425 g/mol. The average Bonchev–Trinajstić information content (AvgIpc) is 3.44. The molecule has 2 aromatic carbocycles. The van der Waals surface area contributed by atoms with Crippen LogP contribution in [0.3, 0.4) is 0 Å². The molecule has 2 amide bonds. The highest BCUT2D eigenvalue weighted by atomic mass is 16.2. The molecule has 4 aromatic rings. The van der Waals surface area contributed by atoms with Crippen LogP contribution in [0.5, 0.6) is 0 Å². The number of aromatic nitrogens is 2. The van der Waals surface area contributed by atoms with Gasteiger partial charge in [0.15, 0.2) is 0 Å². The molecule has 6 nitrogen and oxygen atoms in total. The number of pyridine rings is 1. The Bertz CT molecular complexity index is 1260. The number of carbonyl (C=O) groups excluding carboxylic acids is 2. The minimum Gasteiger partial charge on any atom is -0.361 e. The summed E-state index contributed by atoms with van der Waals surface area (Å²) < 4.78 is 0. The van der Waals surface area contributed by atoms with Gasteiger partial charge in [0.2, 0.25) is 5.91 Å². The molecule has 0 saturated carbocycles. The standard InChI is InChI=1S/C26H24N4O2/c31-25-2-1-15-30(25)22-8-5-19(6-9-22)26(32)29-21-7-10-24-23(16-21)20(17-28-24)4-3-18-11-13-27-14-12-18/h5-14,16-17,28H,1-4,15H2,(H,29,32). The zero-order chi connectivity index (χ0) is 21.9. The molecule has 0 bridgehead atoms. The zero-order valence-corrected chi connectivity index (χ0v) is 17.7. The number of H-pyrrole nitrogens is 1. The second kappa shape index (κ2) is 8.67. The summed E-state index contributed by atoms with van der Waals surface area (Å²) in [6, 6.07) is 17.2. The van der Waals surface area contributed by atoms with Crippen LogP contribution in [-0.2, 0) is 17.6 Å². The fourth-order valence-electron chi connectivity index (χ4n) is 4.21. The van der Waals surface area contributed by atoms with Crippen molar-refractivity contribution in [2.45, 2.75) is 25.7 Å². The minimum absolute atomic E-state index is 0.141. The summed E-state index contributed by atoms with van der Waals surface area (Å²) >= 11 is 0. The minimum atomic E-state index is -0.169. The highest BCUT2D eigenvalue weighted by molar-refractivity contribution is 6.05. The Kier molecular flexibility index (Phi) is 5.42. The number of nitrogens with one attached hydrogen (secondary N) is 2. The van der Waals surface area contributed by atoms with E-state index in [0.29, 0.717) is 12.0 Å². The second-order valence-corrected chi connectivity index (χ2v) is 8.08. The monoisotopic (exact) mass is 424 g/mol. The lowest BCUT2D eigenvalue weighted by Gasteiger charge is -2.15. The van der Waals surface area contributed by atoms with Crippen molar-refractivity contribution in [3.05, 3.63) is 89.9 Å². The number of anilines is 2. The molecule has 2 N–H and O–H groups in total. The lowest BCUT2D eigenvalue weighted by Crippen LogP contribution is -2.23. The van der Waals surface area contributed by atoms with Crippen LogP contribution >= 0.6 is 0 Å². The Morgan fingerprint density at radius 1 is 1.03 bits per heavy atom. The van der Waals surface area contributed by atoms with Crippen LogP contribution in [0, 0.1) is 0 Å². The van der Waals surface area contributed by atoms with Gasteiger partial charge in [-0.1, -0.05) is 0 Å². The van der Waals surface area contributed by atoms with Gasteiger partial charge in [-0.15, -0.1) is 0 Å². The van der Waals surface area contributed by atoms with Crippen LogP contribution in [0.1, 0.15) is 34.3 Å². The lowest BCUT2D eigenvalue weighted by molar-refractivity contribution is -0.117. The fraction of sp³-hybridized carbons (Fsp3) is 0.192. The fourth-order valence-corrected chi connectivity index (χ4v) is 4.21. The third-order valence-corrected chi connectivity index (χ3v) is 5.97. The van der Waals surface area contributed by atoms with Gasteiger partial charge in [0.1, 0.15) is 0 Å². The van der Waals surface area contributed by atoms with Gasteiger partial charge in [0, 0.05) is 59.4 Å². The van der Waals surface area contributed by atoms with Crippen LogP contribution in [-0.4, -0.2) is 28.3 Å². The molecule has 3 heterocycles. The Morgan fingerprint density at radius 3 is 2.59 bits per heavy atom. The van der Waals surface area contributed by atoms with Gasteiger partial charge in [0.05, 0.1) is 0 Å². The Balaban J connectivity index is 1.29. The van der Waals surface area contributed by atoms with Gasteiger partial charge < -0.3 is 15.2 Å². The van der Waals surface area contributed by atoms with Crippen molar-refractivity contribution >= 4 is 34.1 Å². The van der Waals surface area contributed by atoms with Gasteiger partial charge >= 0.3 is 0 Å². The number of rotatable bonds is 6. The van der Waals surface area contributed by atoms with E-state index in [1.807, 2.05) is 61.1 Å². The SMILES string of the molecule is O=C(Nc1ccc2[nH]cc(CCc3ccncc3)c2c1)c1ccc(N2CCCC2=O)cc1. The van der Waals surface area contributed by atoms with E-state index in [2.05, 4.69) is 15.3 Å². The maximum Gasteiger partial charge on any atom is 0.255 e. The smallest absolute Gasteiger partial charge is 0.255 e. The predicted molar refractivity (Wildman–Crippen MR) is 126 cm³/mol. The summed E-state index contributed by atoms with van der Waals surface area (Å²) in [6.07, 6.45) is 8.97. The molecule has 0 aliphatic carbocycles. The maximum absolute atomic E-state index is 12.8. The van der Waals surface area contributed by atoms with Crippen molar-refractivity contribution in [1.82, 2.24) is 9.97 Å². The quantitative estimate of drug-likeness (QED) is 0.470. The molecule has 6 heteroatoms. The third-order valence-electron chi connectivity index (χ3n) is 5.97. The molecular formula is C26H24N4O2. The molecule has 0 spiro atoms. The molecule has 5 rings (SSSR count). The molecule has 0 radical (unpaired) electrons. The molecule has 1 fully saturated rings. The van der Waals surface area contributed by atoms with Gasteiger partial charge in [-0.05, 0) is 85.0 Å². The highest BCUT2D eigenvalue weighted by Crippen LogP contribution is 2.25. The van der Waals surface area contributed by atoms with E-state index in [4.69, 9.17) is 0 Å². The maximum atomic E-state index is 12.8. The van der Waals surface area contributed by atoms with Crippen LogP contribution in [0.25, 0.3) is 10.9 Å². The van der Waals surface area contributed by atoms with Crippen LogP contribution < -0.4 is 10.2 Å². The van der Waals surface area contributed by atoms with Crippen molar-refractivity contribution in [3.8, 4) is 0 Å². The number of fused-ring (bicyclic) bond motifs is 1.